The number of aromatic nitrogens is 1. The SMILES string of the molecule is Cc1cnc(NCCOCC(C)C)cc1N. The number of hydrogen-bond donors (Lipinski definition) is 2. The molecule has 0 amide bonds. The van der Waals surface area contributed by atoms with Crippen molar-refractivity contribution in [2.45, 2.75) is 20.8 Å². The third-order valence-electron chi connectivity index (χ3n) is 2.15. The van der Waals surface area contributed by atoms with Gasteiger partial charge in [-0.1, -0.05) is 13.8 Å². The van der Waals surface area contributed by atoms with Crippen LogP contribution in [0.1, 0.15) is 19.4 Å². The fraction of sp³-hybridized carbons (Fsp3) is 0.583. The number of nitrogens with two attached hydrogens (primary N) is 1. The number of rotatable bonds is 6. The largest absolute Gasteiger partial charge is 0.398 e. The van der Waals surface area contributed by atoms with E-state index in [-0.39, 0.29) is 0 Å². The van der Waals surface area contributed by atoms with Gasteiger partial charge in [0.05, 0.1) is 6.61 Å². The van der Waals surface area contributed by atoms with Crippen LogP contribution in [-0.2, 0) is 4.74 Å². The highest BCUT2D eigenvalue weighted by Crippen LogP contribution is 2.12. The minimum Gasteiger partial charge on any atom is -0.398 e. The standard InChI is InChI=1S/C12H21N3O/c1-9(2)8-16-5-4-14-12-6-11(13)10(3)7-15-12/h6-7,9H,4-5,8H2,1-3H3,(H3,13,14,15). The quantitative estimate of drug-likeness (QED) is 0.725. The lowest BCUT2D eigenvalue weighted by Gasteiger charge is -2.09. The lowest BCUT2D eigenvalue weighted by atomic mass is 10.2. The molecule has 1 rings (SSSR count). The normalized spacial score (nSPS) is 10.8. The molecule has 0 spiro atoms. The smallest absolute Gasteiger partial charge is 0.128 e. The van der Waals surface area contributed by atoms with E-state index in [1.165, 1.54) is 0 Å². The van der Waals surface area contributed by atoms with Gasteiger partial charge in [0.25, 0.3) is 0 Å². The number of nitrogens with zero attached hydrogens (tertiary/aromatic N) is 1. The summed E-state index contributed by atoms with van der Waals surface area (Å²) in [7, 11) is 0. The van der Waals surface area contributed by atoms with E-state index in [1.54, 1.807) is 6.20 Å². The molecule has 0 atom stereocenters. The molecule has 0 aliphatic rings. The van der Waals surface area contributed by atoms with Crippen LogP contribution in [0.4, 0.5) is 11.5 Å². The van der Waals surface area contributed by atoms with Crippen molar-refractivity contribution in [2.75, 3.05) is 30.8 Å². The molecule has 0 aromatic carbocycles. The zero-order valence-corrected chi connectivity index (χ0v) is 10.3. The molecule has 0 unspecified atom stereocenters. The van der Waals surface area contributed by atoms with Crippen LogP contribution < -0.4 is 11.1 Å². The van der Waals surface area contributed by atoms with Crippen LogP contribution in [0.3, 0.4) is 0 Å². The first-order valence-corrected chi connectivity index (χ1v) is 5.63. The van der Waals surface area contributed by atoms with E-state index in [2.05, 4.69) is 24.1 Å². The van der Waals surface area contributed by atoms with Gasteiger partial charge in [0, 0.05) is 31.1 Å². The van der Waals surface area contributed by atoms with E-state index in [4.69, 9.17) is 10.5 Å². The van der Waals surface area contributed by atoms with Crippen LogP contribution in [0, 0.1) is 12.8 Å². The Balaban J connectivity index is 2.24. The topological polar surface area (TPSA) is 60.2 Å². The maximum absolute atomic E-state index is 5.78. The molecule has 0 aliphatic heterocycles. The van der Waals surface area contributed by atoms with Crippen molar-refractivity contribution in [1.82, 2.24) is 4.98 Å². The summed E-state index contributed by atoms with van der Waals surface area (Å²) in [5.74, 6) is 1.38. The summed E-state index contributed by atoms with van der Waals surface area (Å²) in [5, 5.41) is 3.17. The Morgan fingerprint density at radius 2 is 2.25 bits per heavy atom. The van der Waals surface area contributed by atoms with Gasteiger partial charge >= 0.3 is 0 Å². The molecule has 0 saturated heterocycles. The summed E-state index contributed by atoms with van der Waals surface area (Å²) in [4.78, 5) is 4.23. The van der Waals surface area contributed by atoms with Crippen LogP contribution in [0.25, 0.3) is 0 Å². The molecule has 1 aromatic rings. The highest BCUT2D eigenvalue weighted by molar-refractivity contribution is 5.53. The molecule has 4 heteroatoms. The zero-order chi connectivity index (χ0) is 12.0. The van der Waals surface area contributed by atoms with Crippen molar-refractivity contribution < 1.29 is 4.74 Å². The number of nitrogens with one attached hydrogen (secondary N) is 1. The summed E-state index contributed by atoms with van der Waals surface area (Å²) in [6.07, 6.45) is 1.77. The number of hydrogen-bond acceptors (Lipinski definition) is 4. The third-order valence-corrected chi connectivity index (χ3v) is 2.15. The maximum Gasteiger partial charge on any atom is 0.128 e. The Morgan fingerprint density at radius 3 is 2.88 bits per heavy atom. The lowest BCUT2D eigenvalue weighted by molar-refractivity contribution is 0.118. The average Bonchev–Trinajstić information content (AvgIpc) is 2.22. The zero-order valence-electron chi connectivity index (χ0n) is 10.3. The number of nitrogen functional groups attached to an aromatic ring is 1. The summed E-state index contributed by atoms with van der Waals surface area (Å²) < 4.78 is 5.45. The number of anilines is 2. The molecule has 90 valence electrons. The van der Waals surface area contributed by atoms with Crippen molar-refractivity contribution in [3.8, 4) is 0 Å². The van der Waals surface area contributed by atoms with Crippen LogP contribution in [-0.4, -0.2) is 24.7 Å². The van der Waals surface area contributed by atoms with Crippen LogP contribution in [0.2, 0.25) is 0 Å². The van der Waals surface area contributed by atoms with Gasteiger partial charge in [-0.05, 0) is 18.4 Å². The molecule has 16 heavy (non-hydrogen) atoms. The van der Waals surface area contributed by atoms with E-state index < -0.39 is 0 Å². The van der Waals surface area contributed by atoms with Crippen LogP contribution in [0.5, 0.6) is 0 Å². The van der Waals surface area contributed by atoms with Gasteiger partial charge in [0.15, 0.2) is 0 Å². The predicted molar refractivity (Wildman–Crippen MR) is 67.5 cm³/mol. The summed E-state index contributed by atoms with van der Waals surface area (Å²) in [5.41, 5.74) is 7.55. The Morgan fingerprint density at radius 1 is 1.50 bits per heavy atom. The first-order chi connectivity index (χ1) is 7.59. The van der Waals surface area contributed by atoms with E-state index in [0.717, 1.165) is 30.2 Å². The second-order valence-electron chi connectivity index (χ2n) is 4.32. The molecule has 1 aromatic heterocycles. The second kappa shape index (κ2) is 6.33. The van der Waals surface area contributed by atoms with E-state index >= 15 is 0 Å². The fourth-order valence-corrected chi connectivity index (χ4v) is 1.21. The third kappa shape index (κ3) is 4.49. The Kier molecular flexibility index (Phi) is 5.05. The molecule has 4 nitrogen and oxygen atoms in total. The molecule has 0 radical (unpaired) electrons. The molecule has 0 aliphatic carbocycles. The van der Waals surface area contributed by atoms with Gasteiger partial charge in [-0.2, -0.15) is 0 Å². The molecular weight excluding hydrogens is 202 g/mol. The van der Waals surface area contributed by atoms with E-state index in [9.17, 15) is 0 Å². The predicted octanol–water partition coefficient (Wildman–Crippen LogP) is 2.06. The van der Waals surface area contributed by atoms with E-state index in [0.29, 0.717) is 12.5 Å². The van der Waals surface area contributed by atoms with Gasteiger partial charge in [0.2, 0.25) is 0 Å². The van der Waals surface area contributed by atoms with Crippen LogP contribution in [0.15, 0.2) is 12.3 Å². The van der Waals surface area contributed by atoms with Crippen molar-refractivity contribution in [2.24, 2.45) is 5.92 Å². The highest BCUT2D eigenvalue weighted by Gasteiger charge is 1.98. The Hall–Kier alpha value is -1.29. The van der Waals surface area contributed by atoms with Crippen molar-refractivity contribution in [3.05, 3.63) is 17.8 Å². The van der Waals surface area contributed by atoms with Gasteiger partial charge < -0.3 is 15.8 Å². The first-order valence-electron chi connectivity index (χ1n) is 5.63. The molecule has 0 saturated carbocycles. The van der Waals surface area contributed by atoms with Crippen molar-refractivity contribution in [3.63, 3.8) is 0 Å². The summed E-state index contributed by atoms with van der Waals surface area (Å²) in [6, 6.07) is 1.85. The Bertz CT molecular complexity index is 326. The summed E-state index contributed by atoms with van der Waals surface area (Å²) in [6.45, 7) is 8.45. The number of ether oxygens (including phenoxy) is 1. The number of aryl methyl sites for hydroxylation is 1. The van der Waals surface area contributed by atoms with Gasteiger partial charge in [-0.15, -0.1) is 0 Å². The maximum atomic E-state index is 5.78. The van der Waals surface area contributed by atoms with Crippen molar-refractivity contribution >= 4 is 11.5 Å². The first kappa shape index (κ1) is 12.8. The van der Waals surface area contributed by atoms with Crippen LogP contribution >= 0.6 is 0 Å². The fourth-order valence-electron chi connectivity index (χ4n) is 1.21. The molecular formula is C12H21N3O. The van der Waals surface area contributed by atoms with Gasteiger partial charge in [-0.25, -0.2) is 4.98 Å². The van der Waals surface area contributed by atoms with Gasteiger partial charge in [0.1, 0.15) is 5.82 Å². The lowest BCUT2D eigenvalue weighted by Crippen LogP contribution is -2.13. The molecule has 3 N–H and O–H groups in total. The number of pyridine rings is 1. The molecule has 0 bridgehead atoms. The average molecular weight is 223 g/mol. The Labute approximate surface area is 97.2 Å². The monoisotopic (exact) mass is 223 g/mol. The second-order valence-corrected chi connectivity index (χ2v) is 4.32. The van der Waals surface area contributed by atoms with E-state index in [1.807, 2.05) is 13.0 Å². The molecule has 0 fully saturated rings. The highest BCUT2D eigenvalue weighted by atomic mass is 16.5. The minimum atomic E-state index is 0.577. The summed E-state index contributed by atoms with van der Waals surface area (Å²) >= 11 is 0. The van der Waals surface area contributed by atoms with Gasteiger partial charge in [-0.3, -0.25) is 0 Å². The molecule has 1 heterocycles. The minimum absolute atomic E-state index is 0.577. The van der Waals surface area contributed by atoms with Crippen molar-refractivity contribution in [1.29, 1.82) is 0 Å².